The van der Waals surface area contributed by atoms with Crippen molar-refractivity contribution in [2.75, 3.05) is 0 Å². The first kappa shape index (κ1) is 16.3. The van der Waals surface area contributed by atoms with E-state index in [1.54, 1.807) is 6.20 Å². The topological polar surface area (TPSA) is 51.2 Å². The maximum Gasteiger partial charge on any atom is 0.213 e. The SMILES string of the molecule is CCC(=O)CCc1ccnc(O[C@H]2C[C@@H](NC(C)S)C2)c1. The number of ether oxygens (including phenoxy) is 1. The highest BCUT2D eigenvalue weighted by Gasteiger charge is 2.31. The maximum absolute atomic E-state index is 11.4. The number of hydrogen-bond acceptors (Lipinski definition) is 5. The van der Waals surface area contributed by atoms with Crippen LogP contribution in [0.25, 0.3) is 0 Å². The second-order valence-corrected chi connectivity index (χ2v) is 6.42. The Morgan fingerprint density at radius 2 is 2.33 bits per heavy atom. The van der Waals surface area contributed by atoms with Gasteiger partial charge in [0.1, 0.15) is 11.9 Å². The van der Waals surface area contributed by atoms with E-state index in [9.17, 15) is 4.79 Å². The van der Waals surface area contributed by atoms with Gasteiger partial charge in [-0.15, -0.1) is 0 Å². The minimum Gasteiger partial charge on any atom is -0.474 e. The van der Waals surface area contributed by atoms with Crippen molar-refractivity contribution in [3.05, 3.63) is 23.9 Å². The van der Waals surface area contributed by atoms with Crippen LogP contribution in [-0.2, 0) is 11.2 Å². The fraction of sp³-hybridized carbons (Fsp3) is 0.625. The van der Waals surface area contributed by atoms with Crippen LogP contribution in [0.5, 0.6) is 5.88 Å². The molecule has 1 atom stereocenters. The van der Waals surface area contributed by atoms with Crippen LogP contribution in [0.3, 0.4) is 0 Å². The molecule has 1 aromatic heterocycles. The zero-order valence-corrected chi connectivity index (χ0v) is 13.6. The Kier molecular flexibility index (Phi) is 6.06. The van der Waals surface area contributed by atoms with Gasteiger partial charge < -0.3 is 10.1 Å². The largest absolute Gasteiger partial charge is 0.474 e. The van der Waals surface area contributed by atoms with Crippen molar-refractivity contribution in [1.82, 2.24) is 10.3 Å². The molecule has 0 amide bonds. The third-order valence-corrected chi connectivity index (χ3v) is 3.89. The molecule has 1 unspecified atom stereocenters. The van der Waals surface area contributed by atoms with E-state index in [0.717, 1.165) is 24.8 Å². The van der Waals surface area contributed by atoms with Gasteiger partial charge >= 0.3 is 0 Å². The molecule has 1 saturated carbocycles. The number of rotatable bonds is 8. The number of hydrogen-bond donors (Lipinski definition) is 2. The van der Waals surface area contributed by atoms with Gasteiger partial charge in [0.05, 0.1) is 0 Å². The number of carbonyl (C=O) groups excluding carboxylic acids is 1. The van der Waals surface area contributed by atoms with Crippen LogP contribution >= 0.6 is 12.6 Å². The quantitative estimate of drug-likeness (QED) is 0.573. The summed E-state index contributed by atoms with van der Waals surface area (Å²) in [6.07, 6.45) is 5.93. The van der Waals surface area contributed by atoms with Gasteiger partial charge in [-0.3, -0.25) is 4.79 Å². The molecule has 2 rings (SSSR count). The number of pyridine rings is 1. The molecule has 0 saturated heterocycles. The van der Waals surface area contributed by atoms with E-state index in [-0.39, 0.29) is 11.5 Å². The number of carbonyl (C=O) groups is 1. The van der Waals surface area contributed by atoms with Crippen molar-refractivity contribution in [2.24, 2.45) is 0 Å². The fourth-order valence-electron chi connectivity index (χ4n) is 2.44. The van der Waals surface area contributed by atoms with E-state index in [1.807, 2.05) is 26.0 Å². The summed E-state index contributed by atoms with van der Waals surface area (Å²) < 4.78 is 5.87. The number of ketones is 1. The van der Waals surface area contributed by atoms with Gasteiger partial charge in [-0.2, -0.15) is 12.6 Å². The molecule has 4 nitrogen and oxygen atoms in total. The van der Waals surface area contributed by atoms with E-state index in [0.29, 0.717) is 30.5 Å². The van der Waals surface area contributed by atoms with Gasteiger partial charge in [0.15, 0.2) is 0 Å². The van der Waals surface area contributed by atoms with Crippen molar-refractivity contribution < 1.29 is 9.53 Å². The lowest BCUT2D eigenvalue weighted by Crippen LogP contribution is -2.48. The molecule has 1 aliphatic rings. The summed E-state index contributed by atoms with van der Waals surface area (Å²) in [5, 5.41) is 3.59. The first-order chi connectivity index (χ1) is 10.1. The number of nitrogens with zero attached hydrogens (tertiary/aromatic N) is 1. The molecule has 0 spiro atoms. The highest BCUT2D eigenvalue weighted by Crippen LogP contribution is 2.26. The van der Waals surface area contributed by atoms with Crippen molar-refractivity contribution >= 4 is 18.4 Å². The van der Waals surface area contributed by atoms with Crippen LogP contribution in [0.15, 0.2) is 18.3 Å². The van der Waals surface area contributed by atoms with E-state index in [4.69, 9.17) is 4.74 Å². The number of aryl methyl sites for hydroxylation is 1. The predicted molar refractivity (Wildman–Crippen MR) is 86.9 cm³/mol. The lowest BCUT2D eigenvalue weighted by Gasteiger charge is -2.36. The molecule has 1 heterocycles. The Bertz CT molecular complexity index is 473. The number of Topliss-reactive ketones (excluding diaryl/α,β-unsaturated/α-hetero) is 1. The van der Waals surface area contributed by atoms with Crippen LogP contribution in [0.2, 0.25) is 0 Å². The maximum atomic E-state index is 11.4. The van der Waals surface area contributed by atoms with Crippen LogP contribution in [0, 0.1) is 0 Å². The molecule has 0 bridgehead atoms. The van der Waals surface area contributed by atoms with E-state index in [2.05, 4.69) is 22.9 Å². The van der Waals surface area contributed by atoms with Crippen LogP contribution in [0.4, 0.5) is 0 Å². The Hall–Kier alpha value is -1.07. The summed E-state index contributed by atoms with van der Waals surface area (Å²) in [5.74, 6) is 0.960. The highest BCUT2D eigenvalue weighted by molar-refractivity contribution is 7.80. The van der Waals surface area contributed by atoms with E-state index in [1.165, 1.54) is 0 Å². The van der Waals surface area contributed by atoms with Crippen LogP contribution in [-0.4, -0.2) is 28.3 Å². The van der Waals surface area contributed by atoms with Crippen molar-refractivity contribution in [2.45, 2.75) is 63.5 Å². The number of nitrogens with one attached hydrogen (secondary N) is 1. The van der Waals surface area contributed by atoms with Gasteiger partial charge in [0.2, 0.25) is 5.88 Å². The minimum absolute atomic E-state index is 0.216. The van der Waals surface area contributed by atoms with Gasteiger partial charge in [-0.25, -0.2) is 4.98 Å². The zero-order valence-electron chi connectivity index (χ0n) is 12.7. The first-order valence-electron chi connectivity index (χ1n) is 7.64. The Labute approximate surface area is 132 Å². The molecule has 116 valence electrons. The summed E-state index contributed by atoms with van der Waals surface area (Å²) in [7, 11) is 0. The average Bonchev–Trinajstić information content (AvgIpc) is 2.42. The first-order valence-corrected chi connectivity index (χ1v) is 8.16. The molecule has 5 heteroatoms. The Morgan fingerprint density at radius 1 is 1.57 bits per heavy atom. The number of thiol groups is 1. The standard InChI is InChI=1S/C16H24N2O2S/c1-3-14(19)5-4-12-6-7-17-16(8-12)20-15-9-13(10-15)18-11(2)21/h6-8,11,13,15,18,21H,3-5,9-10H2,1-2H3/t11?,13-,15+. The average molecular weight is 308 g/mol. The lowest BCUT2D eigenvalue weighted by molar-refractivity contribution is -0.118. The molecular formula is C16H24N2O2S. The summed E-state index contributed by atoms with van der Waals surface area (Å²) in [5.41, 5.74) is 1.11. The van der Waals surface area contributed by atoms with Crippen LogP contribution in [0.1, 0.15) is 45.1 Å². The summed E-state index contributed by atoms with van der Waals surface area (Å²) in [6, 6.07) is 4.39. The second-order valence-electron chi connectivity index (χ2n) is 5.65. The molecule has 0 aliphatic heterocycles. The molecule has 1 N–H and O–H groups in total. The van der Waals surface area contributed by atoms with Crippen molar-refractivity contribution in [1.29, 1.82) is 0 Å². The predicted octanol–water partition coefficient (Wildman–Crippen LogP) is 2.77. The molecule has 0 aromatic carbocycles. The third-order valence-electron chi connectivity index (χ3n) is 3.75. The van der Waals surface area contributed by atoms with Gasteiger partial charge in [-0.1, -0.05) is 6.92 Å². The van der Waals surface area contributed by atoms with Gasteiger partial charge in [0.25, 0.3) is 0 Å². The van der Waals surface area contributed by atoms with E-state index >= 15 is 0 Å². The lowest BCUT2D eigenvalue weighted by atomic mass is 9.89. The molecular weight excluding hydrogens is 284 g/mol. The molecule has 0 radical (unpaired) electrons. The third kappa shape index (κ3) is 5.32. The van der Waals surface area contributed by atoms with Crippen LogP contribution < -0.4 is 10.1 Å². The van der Waals surface area contributed by atoms with Crippen molar-refractivity contribution in [3.63, 3.8) is 0 Å². The molecule has 1 aliphatic carbocycles. The molecule has 1 fully saturated rings. The fourth-order valence-corrected chi connectivity index (χ4v) is 2.65. The Morgan fingerprint density at radius 3 is 3.00 bits per heavy atom. The summed E-state index contributed by atoms with van der Waals surface area (Å²) in [6.45, 7) is 3.93. The number of aromatic nitrogens is 1. The van der Waals surface area contributed by atoms with Crippen molar-refractivity contribution in [3.8, 4) is 5.88 Å². The van der Waals surface area contributed by atoms with Gasteiger partial charge in [0, 0.05) is 36.5 Å². The smallest absolute Gasteiger partial charge is 0.213 e. The molecule has 21 heavy (non-hydrogen) atoms. The van der Waals surface area contributed by atoms with E-state index < -0.39 is 0 Å². The van der Waals surface area contributed by atoms with Gasteiger partial charge in [-0.05, 0) is 37.8 Å². The summed E-state index contributed by atoms with van der Waals surface area (Å²) >= 11 is 4.32. The monoisotopic (exact) mass is 308 g/mol. The normalized spacial score (nSPS) is 22.4. The zero-order chi connectivity index (χ0) is 15.2. The minimum atomic E-state index is 0.216. The highest BCUT2D eigenvalue weighted by atomic mass is 32.1. The summed E-state index contributed by atoms with van der Waals surface area (Å²) in [4.78, 5) is 15.6. The molecule has 1 aromatic rings. The Balaban J connectivity index is 1.78. The second kappa shape index (κ2) is 7.80.